The van der Waals surface area contributed by atoms with Crippen molar-refractivity contribution in [3.05, 3.63) is 35.9 Å². The van der Waals surface area contributed by atoms with Crippen LogP contribution in [0.25, 0.3) is 0 Å². The van der Waals surface area contributed by atoms with Crippen LogP contribution in [-0.2, 0) is 25.7 Å². The Morgan fingerprint density at radius 2 is 1.81 bits per heavy atom. The van der Waals surface area contributed by atoms with E-state index >= 15 is 0 Å². The highest BCUT2D eigenvalue weighted by Crippen LogP contribution is 1.99. The molecule has 0 spiro atoms. The zero-order valence-corrected chi connectivity index (χ0v) is 12.2. The van der Waals surface area contributed by atoms with E-state index in [9.17, 15) is 14.4 Å². The summed E-state index contributed by atoms with van der Waals surface area (Å²) in [6.07, 6.45) is -0.825. The van der Waals surface area contributed by atoms with Crippen LogP contribution < -0.4 is 10.6 Å². The quantitative estimate of drug-likeness (QED) is 0.727. The van der Waals surface area contributed by atoms with Gasteiger partial charge < -0.3 is 15.4 Å². The lowest BCUT2D eigenvalue weighted by molar-refractivity contribution is -0.154. The van der Waals surface area contributed by atoms with Crippen LogP contribution in [0.3, 0.4) is 0 Å². The minimum Gasteiger partial charge on any atom is -0.452 e. The first-order chi connectivity index (χ1) is 9.99. The van der Waals surface area contributed by atoms with Gasteiger partial charge in [0, 0.05) is 20.0 Å². The molecule has 2 amide bonds. The highest BCUT2D eigenvalue weighted by Gasteiger charge is 2.17. The summed E-state index contributed by atoms with van der Waals surface area (Å²) in [7, 11) is 0. The highest BCUT2D eigenvalue weighted by molar-refractivity contribution is 5.83. The van der Waals surface area contributed by atoms with Gasteiger partial charge in [-0.1, -0.05) is 30.3 Å². The van der Waals surface area contributed by atoms with Gasteiger partial charge in [-0.25, -0.2) is 0 Å². The molecule has 0 saturated heterocycles. The molecule has 0 bridgehead atoms. The van der Waals surface area contributed by atoms with Crippen LogP contribution >= 0.6 is 0 Å². The molecule has 2 N–H and O–H groups in total. The Morgan fingerprint density at radius 3 is 2.43 bits per heavy atom. The van der Waals surface area contributed by atoms with Gasteiger partial charge in [0.25, 0.3) is 5.91 Å². The van der Waals surface area contributed by atoms with Crippen molar-refractivity contribution >= 4 is 17.8 Å². The van der Waals surface area contributed by atoms with Crippen molar-refractivity contribution in [3.63, 3.8) is 0 Å². The lowest BCUT2D eigenvalue weighted by atomic mass is 10.2. The van der Waals surface area contributed by atoms with Crippen molar-refractivity contribution in [2.45, 2.75) is 32.9 Å². The van der Waals surface area contributed by atoms with Gasteiger partial charge in [0.05, 0.1) is 6.42 Å². The van der Waals surface area contributed by atoms with Crippen molar-refractivity contribution in [2.24, 2.45) is 0 Å². The largest absolute Gasteiger partial charge is 0.452 e. The number of amides is 2. The first-order valence-corrected chi connectivity index (χ1v) is 6.74. The van der Waals surface area contributed by atoms with Crippen LogP contribution in [0.1, 0.15) is 25.8 Å². The molecule has 0 heterocycles. The molecule has 0 aliphatic rings. The normalized spacial score (nSPS) is 11.3. The maximum atomic E-state index is 11.8. The molecule has 0 aromatic heterocycles. The number of hydrogen-bond acceptors (Lipinski definition) is 4. The minimum absolute atomic E-state index is 0.0376. The molecular weight excluding hydrogens is 272 g/mol. The van der Waals surface area contributed by atoms with E-state index in [0.717, 1.165) is 5.56 Å². The lowest BCUT2D eigenvalue weighted by Gasteiger charge is -2.13. The molecule has 0 aliphatic carbocycles. The Bertz CT molecular complexity index is 488. The van der Waals surface area contributed by atoms with Crippen LogP contribution in [0.15, 0.2) is 30.3 Å². The molecule has 0 radical (unpaired) electrons. The Hall–Kier alpha value is -2.37. The Labute approximate surface area is 123 Å². The molecule has 1 aromatic carbocycles. The van der Waals surface area contributed by atoms with Crippen molar-refractivity contribution < 1.29 is 19.1 Å². The van der Waals surface area contributed by atoms with Crippen LogP contribution in [-0.4, -0.2) is 30.4 Å². The van der Waals surface area contributed by atoms with Gasteiger partial charge in [0.15, 0.2) is 6.10 Å². The van der Waals surface area contributed by atoms with Crippen LogP contribution in [0, 0.1) is 0 Å². The fraction of sp³-hybridized carbons (Fsp3) is 0.400. The second-order valence-corrected chi connectivity index (χ2v) is 4.57. The first kappa shape index (κ1) is 16.7. The topological polar surface area (TPSA) is 84.5 Å². The van der Waals surface area contributed by atoms with Gasteiger partial charge in [0.1, 0.15) is 0 Å². The van der Waals surface area contributed by atoms with Crippen LogP contribution in [0.5, 0.6) is 0 Å². The van der Waals surface area contributed by atoms with Gasteiger partial charge >= 0.3 is 5.97 Å². The molecule has 0 unspecified atom stereocenters. The van der Waals surface area contributed by atoms with E-state index in [1.54, 1.807) is 0 Å². The molecule has 1 aromatic rings. The number of hydrogen-bond donors (Lipinski definition) is 2. The van der Waals surface area contributed by atoms with E-state index in [1.807, 2.05) is 30.3 Å². The van der Waals surface area contributed by atoms with E-state index in [1.165, 1.54) is 13.8 Å². The smallest absolute Gasteiger partial charge is 0.308 e. The van der Waals surface area contributed by atoms with E-state index in [-0.39, 0.29) is 24.8 Å². The summed E-state index contributed by atoms with van der Waals surface area (Å²) in [4.78, 5) is 33.9. The lowest BCUT2D eigenvalue weighted by Crippen LogP contribution is -2.36. The Balaban J connectivity index is 2.27. The number of benzene rings is 1. The summed E-state index contributed by atoms with van der Waals surface area (Å²) >= 11 is 0. The van der Waals surface area contributed by atoms with Gasteiger partial charge in [-0.2, -0.15) is 0 Å². The van der Waals surface area contributed by atoms with Gasteiger partial charge in [0.2, 0.25) is 5.91 Å². The zero-order valence-electron chi connectivity index (χ0n) is 12.2. The molecule has 21 heavy (non-hydrogen) atoms. The number of carbonyl (C=O) groups excluding carboxylic acids is 3. The summed E-state index contributed by atoms with van der Waals surface area (Å²) in [6.45, 7) is 3.46. The third kappa shape index (κ3) is 7.10. The standard InChI is InChI=1S/C15H20N2O4/c1-11(21-14(19)8-9-16-12(2)18)15(20)17-10-13-6-4-3-5-7-13/h3-7,11H,8-10H2,1-2H3,(H,16,18)(H,17,20)/t11-/m1/s1. The molecule has 6 heteroatoms. The summed E-state index contributed by atoms with van der Waals surface area (Å²) in [5.41, 5.74) is 0.968. The fourth-order valence-electron chi connectivity index (χ4n) is 1.58. The minimum atomic E-state index is -0.862. The Kier molecular flexibility index (Phi) is 6.94. The predicted octanol–water partition coefficient (Wildman–Crippen LogP) is 0.761. The monoisotopic (exact) mass is 292 g/mol. The van der Waals surface area contributed by atoms with Gasteiger partial charge in [-0.15, -0.1) is 0 Å². The van der Waals surface area contributed by atoms with E-state index in [2.05, 4.69) is 10.6 Å². The second-order valence-electron chi connectivity index (χ2n) is 4.57. The molecule has 0 fully saturated rings. The summed E-state index contributed by atoms with van der Waals surface area (Å²) in [5, 5.41) is 5.18. The number of esters is 1. The third-order valence-corrected chi connectivity index (χ3v) is 2.69. The fourth-order valence-corrected chi connectivity index (χ4v) is 1.58. The third-order valence-electron chi connectivity index (χ3n) is 2.69. The SMILES string of the molecule is CC(=O)NCCC(=O)O[C@H](C)C(=O)NCc1ccccc1. The molecule has 1 atom stereocenters. The van der Waals surface area contributed by atoms with Gasteiger partial charge in [-0.3, -0.25) is 14.4 Å². The zero-order chi connectivity index (χ0) is 15.7. The number of nitrogens with one attached hydrogen (secondary N) is 2. The average molecular weight is 292 g/mol. The first-order valence-electron chi connectivity index (χ1n) is 6.74. The maximum Gasteiger partial charge on any atom is 0.308 e. The molecule has 114 valence electrons. The number of rotatable bonds is 7. The molecular formula is C15H20N2O4. The second kappa shape index (κ2) is 8.73. The van der Waals surface area contributed by atoms with E-state index < -0.39 is 12.1 Å². The number of ether oxygens (including phenoxy) is 1. The van der Waals surface area contributed by atoms with Gasteiger partial charge in [-0.05, 0) is 12.5 Å². The van der Waals surface area contributed by atoms with Crippen molar-refractivity contribution in [2.75, 3.05) is 6.54 Å². The maximum absolute atomic E-state index is 11.8. The molecule has 0 saturated carbocycles. The van der Waals surface area contributed by atoms with E-state index in [0.29, 0.717) is 6.54 Å². The predicted molar refractivity (Wildman–Crippen MR) is 77.1 cm³/mol. The molecule has 6 nitrogen and oxygen atoms in total. The highest BCUT2D eigenvalue weighted by atomic mass is 16.5. The Morgan fingerprint density at radius 1 is 1.14 bits per heavy atom. The van der Waals surface area contributed by atoms with Crippen molar-refractivity contribution in [1.82, 2.24) is 10.6 Å². The summed E-state index contributed by atoms with van der Waals surface area (Å²) < 4.78 is 4.98. The van der Waals surface area contributed by atoms with Crippen LogP contribution in [0.2, 0.25) is 0 Å². The van der Waals surface area contributed by atoms with Crippen LogP contribution in [0.4, 0.5) is 0 Å². The van der Waals surface area contributed by atoms with E-state index in [4.69, 9.17) is 4.74 Å². The molecule has 1 rings (SSSR count). The van der Waals surface area contributed by atoms with Crippen molar-refractivity contribution in [3.8, 4) is 0 Å². The van der Waals surface area contributed by atoms with Crippen molar-refractivity contribution in [1.29, 1.82) is 0 Å². The summed E-state index contributed by atoms with van der Waals surface area (Å²) in [6, 6.07) is 9.44. The number of carbonyl (C=O) groups is 3. The summed E-state index contributed by atoms with van der Waals surface area (Å²) in [5.74, 6) is -1.09. The molecule has 0 aliphatic heterocycles. The average Bonchev–Trinajstić information content (AvgIpc) is 2.45.